The van der Waals surface area contributed by atoms with Crippen LogP contribution in [0.25, 0.3) is 11.4 Å². The van der Waals surface area contributed by atoms with E-state index in [1.807, 2.05) is 0 Å². The summed E-state index contributed by atoms with van der Waals surface area (Å²) in [5.41, 5.74) is 0.889. The minimum absolute atomic E-state index is 0.0146. The second-order valence-corrected chi connectivity index (χ2v) is 8.21. The van der Waals surface area contributed by atoms with Crippen LogP contribution in [0.5, 0.6) is 0 Å². The van der Waals surface area contributed by atoms with Crippen LogP contribution in [0.3, 0.4) is 0 Å². The number of alkyl halides is 3. The van der Waals surface area contributed by atoms with Crippen LogP contribution < -0.4 is 0 Å². The SMILES string of the molecule is CS(=O)(Cc1ccccn1)=NC(=O)c1ccc(-c2noc(C(F)(F)F)n2)cc1. The molecule has 0 saturated carbocycles. The zero-order valence-electron chi connectivity index (χ0n) is 14.4. The lowest BCUT2D eigenvalue weighted by Crippen LogP contribution is -2.07. The summed E-state index contributed by atoms with van der Waals surface area (Å²) in [4.78, 5) is 19.6. The van der Waals surface area contributed by atoms with Crippen LogP contribution in [0.1, 0.15) is 21.9 Å². The van der Waals surface area contributed by atoms with Crippen LogP contribution in [0.15, 0.2) is 57.5 Å². The summed E-state index contributed by atoms with van der Waals surface area (Å²) in [5.74, 6) is -2.42. The third-order valence-corrected chi connectivity index (χ3v) is 4.86. The number of rotatable bonds is 4. The first kappa shape index (κ1) is 19.7. The molecule has 146 valence electrons. The lowest BCUT2D eigenvalue weighted by atomic mass is 10.1. The lowest BCUT2D eigenvalue weighted by Gasteiger charge is -2.04. The van der Waals surface area contributed by atoms with E-state index in [1.165, 1.54) is 30.5 Å². The number of pyridine rings is 1. The molecule has 0 fully saturated rings. The van der Waals surface area contributed by atoms with Gasteiger partial charge in [0, 0.05) is 23.6 Å². The topological polar surface area (TPSA) is 98.3 Å². The minimum atomic E-state index is -4.74. The van der Waals surface area contributed by atoms with Crippen LogP contribution in [-0.4, -0.2) is 31.5 Å². The summed E-state index contributed by atoms with van der Waals surface area (Å²) in [5, 5.41) is 3.27. The monoisotopic (exact) mass is 410 g/mol. The molecule has 0 aliphatic carbocycles. The Kier molecular flexibility index (Phi) is 5.27. The zero-order valence-corrected chi connectivity index (χ0v) is 15.2. The van der Waals surface area contributed by atoms with E-state index in [2.05, 4.69) is 24.0 Å². The molecule has 11 heteroatoms. The van der Waals surface area contributed by atoms with Crippen LogP contribution in [0, 0.1) is 0 Å². The second-order valence-electron chi connectivity index (χ2n) is 5.82. The Hall–Kier alpha value is -3.08. The summed E-state index contributed by atoms with van der Waals surface area (Å²) >= 11 is 0. The Morgan fingerprint density at radius 1 is 1.18 bits per heavy atom. The minimum Gasteiger partial charge on any atom is -0.329 e. The third-order valence-electron chi connectivity index (χ3n) is 3.48. The van der Waals surface area contributed by atoms with Crippen molar-refractivity contribution in [2.75, 3.05) is 6.26 Å². The van der Waals surface area contributed by atoms with Crippen molar-refractivity contribution in [2.45, 2.75) is 11.9 Å². The zero-order chi connectivity index (χ0) is 20.4. The first-order chi connectivity index (χ1) is 13.1. The molecular weight excluding hydrogens is 397 g/mol. The first-order valence-corrected chi connectivity index (χ1v) is 9.89. The number of benzene rings is 1. The highest BCUT2D eigenvalue weighted by molar-refractivity contribution is 7.92. The predicted molar refractivity (Wildman–Crippen MR) is 93.5 cm³/mol. The van der Waals surface area contributed by atoms with Crippen LogP contribution in [-0.2, 0) is 21.7 Å². The molecule has 2 heterocycles. The highest BCUT2D eigenvalue weighted by Gasteiger charge is 2.38. The van der Waals surface area contributed by atoms with E-state index >= 15 is 0 Å². The molecule has 3 rings (SSSR count). The van der Waals surface area contributed by atoms with Crippen molar-refractivity contribution in [1.82, 2.24) is 15.1 Å². The summed E-state index contributed by atoms with van der Waals surface area (Å²) in [6, 6.07) is 10.5. The molecule has 7 nitrogen and oxygen atoms in total. The summed E-state index contributed by atoms with van der Waals surface area (Å²) in [6.45, 7) is 0. The number of hydrogen-bond acceptors (Lipinski definition) is 6. The number of carbonyl (C=O) groups excluding carboxylic acids is 1. The molecule has 0 radical (unpaired) electrons. The molecule has 1 amide bonds. The number of amides is 1. The van der Waals surface area contributed by atoms with Crippen LogP contribution >= 0.6 is 0 Å². The first-order valence-electron chi connectivity index (χ1n) is 7.79. The quantitative estimate of drug-likeness (QED) is 0.652. The van der Waals surface area contributed by atoms with Gasteiger partial charge in [-0.15, -0.1) is 0 Å². The normalized spacial score (nSPS) is 13.7. The smallest absolute Gasteiger partial charge is 0.329 e. The van der Waals surface area contributed by atoms with Gasteiger partial charge in [0.2, 0.25) is 5.82 Å². The average molecular weight is 410 g/mol. The predicted octanol–water partition coefficient (Wildman–Crippen LogP) is 3.59. The van der Waals surface area contributed by atoms with Gasteiger partial charge in [-0.25, -0.2) is 4.21 Å². The van der Waals surface area contributed by atoms with Gasteiger partial charge in [0.15, 0.2) is 0 Å². The number of hydrogen-bond donors (Lipinski definition) is 0. The summed E-state index contributed by atoms with van der Waals surface area (Å²) < 4.78 is 58.0. The molecule has 0 spiro atoms. The molecule has 0 bridgehead atoms. The van der Waals surface area contributed by atoms with Crippen molar-refractivity contribution in [3.05, 3.63) is 65.8 Å². The fourth-order valence-corrected chi connectivity index (χ4v) is 3.48. The number of aromatic nitrogens is 3. The summed E-state index contributed by atoms with van der Waals surface area (Å²) in [7, 11) is -2.86. The Bertz CT molecular complexity index is 1100. The van der Waals surface area contributed by atoms with E-state index in [0.29, 0.717) is 5.69 Å². The molecule has 0 aliphatic heterocycles. The maximum atomic E-state index is 12.6. The van der Waals surface area contributed by atoms with Gasteiger partial charge in [-0.1, -0.05) is 23.4 Å². The van der Waals surface area contributed by atoms with Crippen molar-refractivity contribution in [2.24, 2.45) is 4.36 Å². The standard InChI is InChI=1S/C17H13F3N4O3S/c1-28(26,10-13-4-2-3-9-21-13)24-15(25)12-7-5-11(6-8-12)14-22-16(27-23-14)17(18,19)20/h2-9H,10H2,1H3. The summed E-state index contributed by atoms with van der Waals surface area (Å²) in [6.07, 6.45) is -1.84. The van der Waals surface area contributed by atoms with Crippen LogP contribution in [0.4, 0.5) is 13.2 Å². The van der Waals surface area contributed by atoms with Gasteiger partial charge < -0.3 is 4.52 Å². The highest BCUT2D eigenvalue weighted by atomic mass is 32.2. The average Bonchev–Trinajstić information content (AvgIpc) is 3.12. The molecule has 1 atom stereocenters. The lowest BCUT2D eigenvalue weighted by molar-refractivity contribution is -0.159. The molecule has 3 aromatic rings. The third kappa shape index (κ3) is 4.80. The van der Waals surface area contributed by atoms with Gasteiger partial charge in [-0.3, -0.25) is 9.78 Å². The van der Waals surface area contributed by atoms with E-state index in [1.54, 1.807) is 24.4 Å². The molecule has 0 aliphatic rings. The largest absolute Gasteiger partial charge is 0.471 e. The molecule has 0 N–H and O–H groups in total. The van der Waals surface area contributed by atoms with E-state index in [0.717, 1.165) is 0 Å². The van der Waals surface area contributed by atoms with Crippen molar-refractivity contribution in [1.29, 1.82) is 0 Å². The van der Waals surface area contributed by atoms with E-state index in [9.17, 15) is 22.2 Å². The van der Waals surface area contributed by atoms with E-state index in [4.69, 9.17) is 0 Å². The van der Waals surface area contributed by atoms with Gasteiger partial charge in [0.25, 0.3) is 5.91 Å². The molecule has 2 aromatic heterocycles. The van der Waals surface area contributed by atoms with Gasteiger partial charge in [0.05, 0.1) is 21.2 Å². The number of halogens is 3. The van der Waals surface area contributed by atoms with Gasteiger partial charge in [-0.2, -0.15) is 22.5 Å². The van der Waals surface area contributed by atoms with Crippen molar-refractivity contribution < 1.29 is 26.7 Å². The Balaban J connectivity index is 1.78. The molecular formula is C17H13F3N4O3S. The van der Waals surface area contributed by atoms with E-state index < -0.39 is 27.7 Å². The second kappa shape index (κ2) is 7.50. The van der Waals surface area contributed by atoms with E-state index in [-0.39, 0.29) is 22.7 Å². The van der Waals surface area contributed by atoms with Gasteiger partial charge >= 0.3 is 12.1 Å². The fourth-order valence-electron chi connectivity index (χ4n) is 2.24. The molecule has 1 unspecified atom stereocenters. The maximum Gasteiger partial charge on any atom is 0.471 e. The molecule has 0 saturated heterocycles. The number of carbonyl (C=O) groups is 1. The molecule has 28 heavy (non-hydrogen) atoms. The Morgan fingerprint density at radius 3 is 2.46 bits per heavy atom. The van der Waals surface area contributed by atoms with Crippen molar-refractivity contribution in [3.8, 4) is 11.4 Å². The van der Waals surface area contributed by atoms with Gasteiger partial charge in [-0.05, 0) is 24.3 Å². The van der Waals surface area contributed by atoms with Crippen molar-refractivity contribution in [3.63, 3.8) is 0 Å². The van der Waals surface area contributed by atoms with Crippen LogP contribution in [0.2, 0.25) is 0 Å². The van der Waals surface area contributed by atoms with Gasteiger partial charge in [0.1, 0.15) is 0 Å². The Morgan fingerprint density at radius 2 is 1.89 bits per heavy atom. The maximum absolute atomic E-state index is 12.6. The molecule has 1 aromatic carbocycles. The highest BCUT2D eigenvalue weighted by Crippen LogP contribution is 2.29. The number of nitrogens with zero attached hydrogens (tertiary/aromatic N) is 4. The van der Waals surface area contributed by atoms with Crippen molar-refractivity contribution >= 4 is 15.6 Å². The fraction of sp³-hybridized carbons (Fsp3) is 0.176. The Labute approximate surface area is 157 Å².